The van der Waals surface area contributed by atoms with Crippen LogP contribution in [0.25, 0.3) is 11.1 Å². The second kappa shape index (κ2) is 9.25. The van der Waals surface area contributed by atoms with Crippen LogP contribution < -0.4 is 9.64 Å². The number of carbonyl (C=O) groups excluding carboxylic acids is 1. The maximum atomic E-state index is 12.4. The molecule has 0 radical (unpaired) electrons. The lowest BCUT2D eigenvalue weighted by Crippen LogP contribution is -2.40. The van der Waals surface area contributed by atoms with E-state index in [1.54, 1.807) is 17.8 Å². The molecule has 1 atom stereocenters. The first-order valence-electron chi connectivity index (χ1n) is 11.5. The van der Waals surface area contributed by atoms with Crippen molar-refractivity contribution in [2.45, 2.75) is 65.0 Å². The van der Waals surface area contributed by atoms with Crippen LogP contribution in [0.15, 0.2) is 24.5 Å². The molecule has 2 aliphatic rings. The van der Waals surface area contributed by atoms with Crippen LogP contribution in [0.1, 0.15) is 51.5 Å². The molecular formula is C24H33N3O4S. The van der Waals surface area contributed by atoms with Gasteiger partial charge in [0.05, 0.1) is 30.8 Å². The van der Waals surface area contributed by atoms with E-state index in [-0.39, 0.29) is 17.7 Å². The molecule has 1 aromatic carbocycles. The number of aromatic nitrogens is 2. The summed E-state index contributed by atoms with van der Waals surface area (Å²) in [5.41, 5.74) is 3.87. The number of nitrogens with zero attached hydrogens (tertiary/aromatic N) is 3. The van der Waals surface area contributed by atoms with Gasteiger partial charge in [0, 0.05) is 42.1 Å². The van der Waals surface area contributed by atoms with E-state index in [1.807, 2.05) is 23.2 Å². The van der Waals surface area contributed by atoms with Crippen molar-refractivity contribution in [3.05, 3.63) is 30.1 Å². The SMILES string of the molecule is CC(=O)N1c2ccc(-c3cnn(CCS(C)(=O)=O)c3)c(OCC3CCCC3)c2CC[C@@H]1C. The van der Waals surface area contributed by atoms with Crippen LogP contribution in [-0.2, 0) is 27.6 Å². The Labute approximate surface area is 190 Å². The molecular weight excluding hydrogens is 426 g/mol. The van der Waals surface area contributed by atoms with E-state index in [0.29, 0.717) is 19.1 Å². The minimum Gasteiger partial charge on any atom is -0.492 e. The topological polar surface area (TPSA) is 81.5 Å². The van der Waals surface area contributed by atoms with E-state index in [1.165, 1.54) is 31.9 Å². The van der Waals surface area contributed by atoms with E-state index < -0.39 is 9.84 Å². The molecule has 0 spiro atoms. The summed E-state index contributed by atoms with van der Waals surface area (Å²) in [6, 6.07) is 4.18. The lowest BCUT2D eigenvalue weighted by Gasteiger charge is -2.36. The predicted octanol–water partition coefficient (Wildman–Crippen LogP) is 3.85. The normalized spacial score (nSPS) is 19.2. The number of hydrogen-bond donors (Lipinski definition) is 0. The predicted molar refractivity (Wildman–Crippen MR) is 126 cm³/mol. The second-order valence-corrected chi connectivity index (χ2v) is 11.6. The molecule has 174 valence electrons. The van der Waals surface area contributed by atoms with Gasteiger partial charge in [-0.05, 0) is 50.7 Å². The number of ether oxygens (including phenoxy) is 1. The zero-order valence-electron chi connectivity index (χ0n) is 19.2. The number of hydrogen-bond acceptors (Lipinski definition) is 5. The van der Waals surface area contributed by atoms with Gasteiger partial charge in [-0.25, -0.2) is 8.42 Å². The Morgan fingerprint density at radius 1 is 1.22 bits per heavy atom. The van der Waals surface area contributed by atoms with Gasteiger partial charge >= 0.3 is 0 Å². The van der Waals surface area contributed by atoms with Crippen LogP contribution in [0.4, 0.5) is 5.69 Å². The van der Waals surface area contributed by atoms with Crippen molar-refractivity contribution in [3.8, 4) is 16.9 Å². The summed E-state index contributed by atoms with van der Waals surface area (Å²) < 4.78 is 31.2. The molecule has 4 rings (SSSR count). The number of carbonyl (C=O) groups is 1. The Morgan fingerprint density at radius 2 is 1.97 bits per heavy atom. The summed E-state index contributed by atoms with van der Waals surface area (Å²) in [5.74, 6) is 1.51. The Balaban J connectivity index is 1.70. The zero-order chi connectivity index (χ0) is 22.9. The quantitative estimate of drug-likeness (QED) is 0.628. The molecule has 2 heterocycles. The Hall–Kier alpha value is -2.35. The number of anilines is 1. The van der Waals surface area contributed by atoms with Gasteiger partial charge in [0.1, 0.15) is 15.6 Å². The van der Waals surface area contributed by atoms with Crippen molar-refractivity contribution >= 4 is 21.4 Å². The Kier molecular flexibility index (Phi) is 6.60. The molecule has 32 heavy (non-hydrogen) atoms. The van der Waals surface area contributed by atoms with E-state index in [9.17, 15) is 13.2 Å². The van der Waals surface area contributed by atoms with Crippen LogP contribution in [0.5, 0.6) is 5.75 Å². The van der Waals surface area contributed by atoms with E-state index in [4.69, 9.17) is 4.74 Å². The van der Waals surface area contributed by atoms with Crippen LogP contribution >= 0.6 is 0 Å². The summed E-state index contributed by atoms with van der Waals surface area (Å²) >= 11 is 0. The average molecular weight is 460 g/mol. The number of fused-ring (bicyclic) bond motifs is 1. The first-order valence-corrected chi connectivity index (χ1v) is 13.6. The van der Waals surface area contributed by atoms with E-state index in [0.717, 1.165) is 41.0 Å². The van der Waals surface area contributed by atoms with Gasteiger partial charge < -0.3 is 9.64 Å². The summed E-state index contributed by atoms with van der Waals surface area (Å²) in [5, 5.41) is 4.37. The minimum atomic E-state index is -3.06. The highest BCUT2D eigenvalue weighted by Gasteiger charge is 2.30. The molecule has 1 amide bonds. The first kappa shape index (κ1) is 22.8. The molecule has 1 fully saturated rings. The molecule has 0 bridgehead atoms. The molecule has 0 unspecified atom stereocenters. The lowest BCUT2D eigenvalue weighted by molar-refractivity contribution is -0.117. The highest BCUT2D eigenvalue weighted by molar-refractivity contribution is 7.90. The van der Waals surface area contributed by atoms with Gasteiger partial charge in [-0.2, -0.15) is 5.10 Å². The van der Waals surface area contributed by atoms with Gasteiger partial charge in [-0.1, -0.05) is 12.8 Å². The largest absolute Gasteiger partial charge is 0.492 e. The standard InChI is InChI=1S/C24H33N3O4S/c1-17-8-9-22-23(27(17)18(2)28)11-10-21(24(22)31-16-19-6-4-5-7-19)20-14-25-26(15-20)12-13-32(3,29)30/h10-11,14-15,17,19H,4-9,12-13,16H2,1-3H3/t17-/m0/s1. The van der Waals surface area contributed by atoms with Gasteiger partial charge in [-0.3, -0.25) is 9.48 Å². The second-order valence-electron chi connectivity index (χ2n) is 9.30. The van der Waals surface area contributed by atoms with Gasteiger partial charge in [0.25, 0.3) is 0 Å². The molecule has 7 nitrogen and oxygen atoms in total. The minimum absolute atomic E-state index is 0.0431. The molecule has 1 aliphatic heterocycles. The lowest BCUT2D eigenvalue weighted by atomic mass is 9.92. The monoisotopic (exact) mass is 459 g/mol. The summed E-state index contributed by atoms with van der Waals surface area (Å²) in [6.07, 6.45) is 11.5. The number of rotatable bonds is 7. The van der Waals surface area contributed by atoms with Crippen LogP contribution in [0.3, 0.4) is 0 Å². The van der Waals surface area contributed by atoms with Gasteiger partial charge in [0.15, 0.2) is 0 Å². The summed E-state index contributed by atoms with van der Waals surface area (Å²) in [6.45, 7) is 4.70. The summed E-state index contributed by atoms with van der Waals surface area (Å²) in [7, 11) is -3.06. The fourth-order valence-corrected chi connectivity index (χ4v) is 5.46. The Morgan fingerprint density at radius 3 is 2.66 bits per heavy atom. The third kappa shape index (κ3) is 5.00. The van der Waals surface area contributed by atoms with Crippen molar-refractivity contribution in [2.24, 2.45) is 5.92 Å². The van der Waals surface area contributed by atoms with Gasteiger partial charge in [-0.15, -0.1) is 0 Å². The third-order valence-corrected chi connectivity index (χ3v) is 7.59. The smallest absolute Gasteiger partial charge is 0.224 e. The van der Waals surface area contributed by atoms with Crippen molar-refractivity contribution in [1.82, 2.24) is 9.78 Å². The van der Waals surface area contributed by atoms with E-state index in [2.05, 4.69) is 12.0 Å². The number of sulfone groups is 1. The first-order chi connectivity index (χ1) is 15.2. The fraction of sp³-hybridized carbons (Fsp3) is 0.583. The van der Waals surface area contributed by atoms with Crippen molar-refractivity contribution in [2.75, 3.05) is 23.5 Å². The highest BCUT2D eigenvalue weighted by atomic mass is 32.2. The maximum Gasteiger partial charge on any atom is 0.224 e. The molecule has 1 aliphatic carbocycles. The highest BCUT2D eigenvalue weighted by Crippen LogP contribution is 2.43. The molecule has 8 heteroatoms. The van der Waals surface area contributed by atoms with Crippen molar-refractivity contribution < 1.29 is 17.9 Å². The van der Waals surface area contributed by atoms with E-state index >= 15 is 0 Å². The van der Waals surface area contributed by atoms with Gasteiger partial charge in [0.2, 0.25) is 5.91 Å². The van der Waals surface area contributed by atoms with Crippen LogP contribution in [-0.4, -0.2) is 48.8 Å². The van der Waals surface area contributed by atoms with Crippen LogP contribution in [0.2, 0.25) is 0 Å². The molecule has 0 N–H and O–H groups in total. The Bertz CT molecular complexity index is 1090. The fourth-order valence-electron chi connectivity index (χ4n) is 4.94. The van der Waals surface area contributed by atoms with Crippen molar-refractivity contribution in [3.63, 3.8) is 0 Å². The third-order valence-electron chi connectivity index (χ3n) is 6.66. The average Bonchev–Trinajstić information content (AvgIpc) is 3.41. The number of benzene rings is 1. The zero-order valence-corrected chi connectivity index (χ0v) is 20.0. The number of amides is 1. The van der Waals surface area contributed by atoms with Crippen LogP contribution in [0, 0.1) is 5.92 Å². The summed E-state index contributed by atoms with van der Waals surface area (Å²) in [4.78, 5) is 14.3. The van der Waals surface area contributed by atoms with Crippen molar-refractivity contribution in [1.29, 1.82) is 0 Å². The molecule has 2 aromatic rings. The molecule has 1 saturated carbocycles. The molecule has 1 aromatic heterocycles. The number of aryl methyl sites for hydroxylation is 1. The molecule has 0 saturated heterocycles. The maximum absolute atomic E-state index is 12.4.